The number of fused-ring (bicyclic) bond motifs is 1. The van der Waals surface area contributed by atoms with Crippen molar-refractivity contribution >= 4 is 22.5 Å². The number of carbonyl (C=O) groups is 1. The minimum Gasteiger partial charge on any atom is -0.352 e. The molecule has 8 nitrogen and oxygen atoms in total. The molecule has 1 atom stereocenters. The Morgan fingerprint density at radius 2 is 2.26 bits per heavy atom. The van der Waals surface area contributed by atoms with Crippen molar-refractivity contribution in [1.29, 1.82) is 0 Å². The molecule has 1 aliphatic carbocycles. The average Bonchev–Trinajstić information content (AvgIpc) is 3.34. The van der Waals surface area contributed by atoms with Crippen molar-refractivity contribution in [3.05, 3.63) is 45.0 Å². The monoisotopic (exact) mass is 316 g/mol. The number of non-ortho nitro benzene ring substituents is 1. The summed E-state index contributed by atoms with van der Waals surface area (Å²) in [6, 6.07) is 3.97. The molecule has 1 amide bonds. The van der Waals surface area contributed by atoms with Gasteiger partial charge in [0, 0.05) is 18.2 Å². The zero-order valence-corrected chi connectivity index (χ0v) is 12.6. The maximum absolute atomic E-state index is 12.4. The van der Waals surface area contributed by atoms with Crippen LogP contribution in [0.5, 0.6) is 0 Å². The van der Waals surface area contributed by atoms with Crippen LogP contribution in [0.25, 0.3) is 10.9 Å². The average molecular weight is 316 g/mol. The van der Waals surface area contributed by atoms with Crippen molar-refractivity contribution in [1.82, 2.24) is 14.9 Å². The van der Waals surface area contributed by atoms with Gasteiger partial charge in [0.1, 0.15) is 6.54 Å². The highest BCUT2D eigenvalue weighted by Crippen LogP contribution is 2.32. The fourth-order valence-electron chi connectivity index (χ4n) is 2.54. The van der Waals surface area contributed by atoms with Crippen LogP contribution in [0.4, 0.5) is 5.69 Å². The molecule has 0 aliphatic heterocycles. The largest absolute Gasteiger partial charge is 0.352 e. The summed E-state index contributed by atoms with van der Waals surface area (Å²) in [5.41, 5.74) is -0.274. The van der Waals surface area contributed by atoms with E-state index in [0.29, 0.717) is 5.92 Å². The number of carbonyl (C=O) groups excluding carboxylic acids is 1. The van der Waals surface area contributed by atoms with Gasteiger partial charge in [-0.2, -0.15) is 0 Å². The third-order valence-corrected chi connectivity index (χ3v) is 4.05. The Morgan fingerprint density at radius 1 is 1.52 bits per heavy atom. The molecule has 1 fully saturated rings. The molecule has 1 heterocycles. The third-order valence-electron chi connectivity index (χ3n) is 4.05. The van der Waals surface area contributed by atoms with Crippen LogP contribution in [0.1, 0.15) is 19.8 Å². The predicted octanol–water partition coefficient (Wildman–Crippen LogP) is 1.22. The minimum absolute atomic E-state index is 0.106. The smallest absolute Gasteiger partial charge is 0.271 e. The van der Waals surface area contributed by atoms with Crippen LogP contribution < -0.4 is 10.9 Å². The number of nitro groups is 1. The number of rotatable bonds is 5. The van der Waals surface area contributed by atoms with Crippen LogP contribution >= 0.6 is 0 Å². The molecule has 1 aromatic carbocycles. The van der Waals surface area contributed by atoms with E-state index in [9.17, 15) is 19.7 Å². The van der Waals surface area contributed by atoms with Crippen molar-refractivity contribution in [2.75, 3.05) is 0 Å². The van der Waals surface area contributed by atoms with E-state index in [2.05, 4.69) is 10.3 Å². The molecule has 1 saturated carbocycles. The lowest BCUT2D eigenvalue weighted by molar-refractivity contribution is -0.384. The fraction of sp³-hybridized carbons (Fsp3) is 0.400. The Kier molecular flexibility index (Phi) is 3.81. The van der Waals surface area contributed by atoms with Crippen molar-refractivity contribution in [3.63, 3.8) is 0 Å². The molecular formula is C15H16N4O4. The Morgan fingerprint density at radius 3 is 2.91 bits per heavy atom. The molecule has 1 unspecified atom stereocenters. The quantitative estimate of drug-likeness (QED) is 0.659. The lowest BCUT2D eigenvalue weighted by Gasteiger charge is -2.13. The molecule has 8 heteroatoms. The van der Waals surface area contributed by atoms with Crippen molar-refractivity contribution in [3.8, 4) is 0 Å². The summed E-state index contributed by atoms with van der Waals surface area (Å²) in [4.78, 5) is 38.6. The van der Waals surface area contributed by atoms with Crippen LogP contribution in [-0.2, 0) is 11.3 Å². The topological polar surface area (TPSA) is 107 Å². The lowest BCUT2D eigenvalue weighted by Crippen LogP contribution is -2.38. The van der Waals surface area contributed by atoms with Gasteiger partial charge in [-0.3, -0.25) is 24.3 Å². The summed E-state index contributed by atoms with van der Waals surface area (Å²) >= 11 is 0. The van der Waals surface area contributed by atoms with Gasteiger partial charge in [0.2, 0.25) is 5.91 Å². The van der Waals surface area contributed by atoms with E-state index in [1.165, 1.54) is 29.1 Å². The number of hydrogen-bond acceptors (Lipinski definition) is 5. The molecule has 0 saturated heterocycles. The van der Waals surface area contributed by atoms with Crippen LogP contribution in [0.3, 0.4) is 0 Å². The standard InChI is InChI=1S/C15H16N4O4/c1-9(10-2-3-10)17-14(20)7-18-8-16-13-6-11(19(22)23)4-5-12(13)15(18)21/h4-6,8-10H,2-3,7H2,1H3,(H,17,20). The molecule has 0 spiro atoms. The van der Waals surface area contributed by atoms with Gasteiger partial charge in [0.05, 0.1) is 22.2 Å². The number of aromatic nitrogens is 2. The number of amides is 1. The van der Waals surface area contributed by atoms with E-state index >= 15 is 0 Å². The number of benzene rings is 1. The van der Waals surface area contributed by atoms with E-state index in [1.54, 1.807) is 0 Å². The normalized spacial score (nSPS) is 15.3. The highest BCUT2D eigenvalue weighted by Gasteiger charge is 2.28. The van der Waals surface area contributed by atoms with Crippen molar-refractivity contribution in [2.45, 2.75) is 32.4 Å². The summed E-state index contributed by atoms with van der Waals surface area (Å²) in [5.74, 6) is 0.292. The SMILES string of the molecule is CC(NC(=O)Cn1cnc2cc([N+](=O)[O-])ccc2c1=O)C1CC1. The molecule has 120 valence electrons. The first kappa shape index (κ1) is 15.1. The molecule has 1 N–H and O–H groups in total. The van der Waals surface area contributed by atoms with Gasteiger partial charge in [0.15, 0.2) is 0 Å². The number of hydrogen-bond donors (Lipinski definition) is 1. The number of nitro benzene ring substituents is 1. The highest BCUT2D eigenvalue weighted by atomic mass is 16.6. The number of nitrogens with zero attached hydrogens (tertiary/aromatic N) is 3. The lowest BCUT2D eigenvalue weighted by atomic mass is 10.2. The van der Waals surface area contributed by atoms with Gasteiger partial charge in [-0.1, -0.05) is 0 Å². The molecule has 1 aromatic heterocycles. The zero-order chi connectivity index (χ0) is 16.6. The summed E-state index contributed by atoms with van der Waals surface area (Å²) in [5, 5.41) is 13.9. The fourth-order valence-corrected chi connectivity index (χ4v) is 2.54. The van der Waals surface area contributed by atoms with Crippen molar-refractivity contribution in [2.24, 2.45) is 5.92 Å². The van der Waals surface area contributed by atoms with E-state index in [-0.39, 0.29) is 40.6 Å². The van der Waals surface area contributed by atoms with E-state index in [4.69, 9.17) is 0 Å². The summed E-state index contributed by atoms with van der Waals surface area (Å²) < 4.78 is 1.21. The molecule has 23 heavy (non-hydrogen) atoms. The first-order chi connectivity index (χ1) is 11.0. The van der Waals surface area contributed by atoms with Crippen LogP contribution in [0, 0.1) is 16.0 Å². The van der Waals surface area contributed by atoms with Gasteiger partial charge < -0.3 is 5.32 Å². The van der Waals surface area contributed by atoms with Gasteiger partial charge in [-0.05, 0) is 31.7 Å². The van der Waals surface area contributed by atoms with Crippen molar-refractivity contribution < 1.29 is 9.72 Å². The second kappa shape index (κ2) is 5.79. The summed E-state index contributed by atoms with van der Waals surface area (Å²) in [7, 11) is 0. The third kappa shape index (κ3) is 3.20. The molecular weight excluding hydrogens is 300 g/mol. The van der Waals surface area contributed by atoms with E-state index in [0.717, 1.165) is 12.8 Å². The molecule has 0 bridgehead atoms. The molecule has 3 rings (SSSR count). The Balaban J connectivity index is 1.82. The van der Waals surface area contributed by atoms with Gasteiger partial charge in [0.25, 0.3) is 11.2 Å². The molecule has 2 aromatic rings. The Hall–Kier alpha value is -2.77. The van der Waals surface area contributed by atoms with Crippen LogP contribution in [0.2, 0.25) is 0 Å². The van der Waals surface area contributed by atoms with Gasteiger partial charge in [-0.25, -0.2) is 4.98 Å². The Labute approximate surface area is 131 Å². The predicted molar refractivity (Wildman–Crippen MR) is 83.0 cm³/mol. The first-order valence-electron chi connectivity index (χ1n) is 7.38. The van der Waals surface area contributed by atoms with Crippen LogP contribution in [0.15, 0.2) is 29.3 Å². The second-order valence-electron chi connectivity index (χ2n) is 5.83. The van der Waals surface area contributed by atoms with E-state index in [1.807, 2.05) is 6.92 Å². The molecule has 1 aliphatic rings. The molecule has 0 radical (unpaired) electrons. The minimum atomic E-state index is -0.542. The maximum Gasteiger partial charge on any atom is 0.271 e. The number of nitrogens with one attached hydrogen (secondary N) is 1. The van der Waals surface area contributed by atoms with E-state index < -0.39 is 4.92 Å². The van der Waals surface area contributed by atoms with Gasteiger partial charge in [-0.15, -0.1) is 0 Å². The van der Waals surface area contributed by atoms with Crippen LogP contribution in [-0.4, -0.2) is 26.4 Å². The Bertz CT molecular complexity index is 841. The zero-order valence-electron chi connectivity index (χ0n) is 12.6. The second-order valence-corrected chi connectivity index (χ2v) is 5.83. The highest BCUT2D eigenvalue weighted by molar-refractivity contribution is 5.80. The summed E-state index contributed by atoms with van der Waals surface area (Å²) in [6.07, 6.45) is 3.49. The first-order valence-corrected chi connectivity index (χ1v) is 7.38. The maximum atomic E-state index is 12.4. The summed E-state index contributed by atoms with van der Waals surface area (Å²) in [6.45, 7) is 1.84. The van der Waals surface area contributed by atoms with Gasteiger partial charge >= 0.3 is 0 Å².